The average molecular weight is 252 g/mol. The van der Waals surface area contributed by atoms with Crippen LogP contribution >= 0.6 is 0 Å². The highest BCUT2D eigenvalue weighted by molar-refractivity contribution is 5.84. The van der Waals surface area contributed by atoms with Crippen LogP contribution in [0.25, 0.3) is 10.8 Å². The molecule has 96 valence electrons. The third-order valence-corrected chi connectivity index (χ3v) is 3.14. The zero-order valence-electron chi connectivity index (χ0n) is 10.3. The number of benzene rings is 2. The van der Waals surface area contributed by atoms with Gasteiger partial charge in [0.15, 0.2) is 11.6 Å². The summed E-state index contributed by atoms with van der Waals surface area (Å²) >= 11 is 0. The Morgan fingerprint density at radius 1 is 0.889 bits per heavy atom. The molecule has 18 heavy (non-hydrogen) atoms. The predicted octanol–water partition coefficient (Wildman–Crippen LogP) is 4.99. The number of fused-ring (bicyclic) bond motifs is 1. The van der Waals surface area contributed by atoms with E-state index in [1.807, 2.05) is 0 Å². The first-order chi connectivity index (χ1) is 8.65. The fourth-order valence-electron chi connectivity index (χ4n) is 2.11. The Labute approximate surface area is 104 Å². The van der Waals surface area contributed by atoms with Crippen molar-refractivity contribution in [3.05, 3.63) is 47.3 Å². The Kier molecular flexibility index (Phi) is 3.90. The lowest BCUT2D eigenvalue weighted by molar-refractivity contribution is 0.510. The third kappa shape index (κ3) is 2.35. The van der Waals surface area contributed by atoms with Crippen LogP contribution in [0.2, 0.25) is 0 Å². The Bertz CT molecular complexity index is 561. The quantitative estimate of drug-likeness (QED) is 0.672. The first kappa shape index (κ1) is 12.9. The normalized spacial score (nSPS) is 11.1. The molecule has 0 atom stereocenters. The Hall–Kier alpha value is -1.51. The molecule has 0 amide bonds. The van der Waals surface area contributed by atoms with E-state index in [0.717, 1.165) is 25.3 Å². The van der Waals surface area contributed by atoms with E-state index in [9.17, 15) is 13.2 Å². The van der Waals surface area contributed by atoms with Gasteiger partial charge >= 0.3 is 0 Å². The highest BCUT2D eigenvalue weighted by atomic mass is 19.2. The number of hydrogen-bond acceptors (Lipinski definition) is 0. The molecule has 0 aliphatic carbocycles. The van der Waals surface area contributed by atoms with Crippen molar-refractivity contribution in [3.63, 3.8) is 0 Å². The maximum atomic E-state index is 14.1. The van der Waals surface area contributed by atoms with Crippen molar-refractivity contribution < 1.29 is 13.2 Å². The monoisotopic (exact) mass is 252 g/mol. The Morgan fingerprint density at radius 3 is 2.33 bits per heavy atom. The summed E-state index contributed by atoms with van der Waals surface area (Å²) in [7, 11) is 0. The standard InChI is InChI=1S/C15H15F3/c1-2-3-4-5-11-7-6-10-8-9-12(16)15(18)13(10)14(11)17/h6-9H,2-5H2,1H3. The van der Waals surface area contributed by atoms with Gasteiger partial charge in [0.1, 0.15) is 5.82 Å². The molecule has 0 spiro atoms. The van der Waals surface area contributed by atoms with Crippen molar-refractivity contribution >= 4 is 10.8 Å². The second-order valence-corrected chi connectivity index (χ2v) is 4.46. The summed E-state index contributed by atoms with van der Waals surface area (Å²) in [6.45, 7) is 2.06. The van der Waals surface area contributed by atoms with Crippen LogP contribution < -0.4 is 0 Å². The van der Waals surface area contributed by atoms with Gasteiger partial charge in [-0.2, -0.15) is 0 Å². The van der Waals surface area contributed by atoms with Gasteiger partial charge in [-0.1, -0.05) is 38.0 Å². The molecule has 2 aromatic rings. The van der Waals surface area contributed by atoms with Crippen LogP contribution in [0.15, 0.2) is 24.3 Å². The molecule has 0 unspecified atom stereocenters. The first-order valence-corrected chi connectivity index (χ1v) is 6.20. The van der Waals surface area contributed by atoms with E-state index in [2.05, 4.69) is 6.92 Å². The van der Waals surface area contributed by atoms with Gasteiger partial charge in [0.2, 0.25) is 0 Å². The summed E-state index contributed by atoms with van der Waals surface area (Å²) in [4.78, 5) is 0. The zero-order valence-corrected chi connectivity index (χ0v) is 10.3. The highest BCUT2D eigenvalue weighted by Gasteiger charge is 2.14. The molecule has 2 aromatic carbocycles. The summed E-state index contributed by atoms with van der Waals surface area (Å²) in [5, 5.41) is 0.162. The molecule has 0 aromatic heterocycles. The summed E-state index contributed by atoms with van der Waals surface area (Å²) in [5.74, 6) is -2.73. The molecule has 3 heteroatoms. The number of unbranched alkanes of at least 4 members (excludes halogenated alkanes) is 2. The van der Waals surface area contributed by atoms with Gasteiger partial charge in [0, 0.05) is 0 Å². The van der Waals surface area contributed by atoms with Gasteiger partial charge in [-0.3, -0.25) is 0 Å². The highest BCUT2D eigenvalue weighted by Crippen LogP contribution is 2.26. The van der Waals surface area contributed by atoms with E-state index in [4.69, 9.17) is 0 Å². The van der Waals surface area contributed by atoms with E-state index in [-0.39, 0.29) is 5.39 Å². The lowest BCUT2D eigenvalue weighted by atomic mass is 10.0. The fourth-order valence-corrected chi connectivity index (χ4v) is 2.11. The Balaban J connectivity index is 2.45. The number of rotatable bonds is 4. The van der Waals surface area contributed by atoms with Crippen molar-refractivity contribution in [2.24, 2.45) is 0 Å². The SMILES string of the molecule is CCCCCc1ccc2ccc(F)c(F)c2c1F. The average Bonchev–Trinajstić information content (AvgIpc) is 2.36. The molecule has 0 radical (unpaired) electrons. The topological polar surface area (TPSA) is 0 Å². The molecule has 0 nitrogen and oxygen atoms in total. The second kappa shape index (κ2) is 5.42. The van der Waals surface area contributed by atoms with E-state index < -0.39 is 17.5 Å². The van der Waals surface area contributed by atoms with E-state index in [1.54, 1.807) is 12.1 Å². The third-order valence-electron chi connectivity index (χ3n) is 3.14. The van der Waals surface area contributed by atoms with Crippen molar-refractivity contribution in [2.75, 3.05) is 0 Å². The van der Waals surface area contributed by atoms with Crippen LogP contribution in [0.5, 0.6) is 0 Å². The molecule has 0 heterocycles. The molecular weight excluding hydrogens is 237 g/mol. The lowest BCUT2D eigenvalue weighted by Gasteiger charge is -2.07. The molecule has 0 aliphatic heterocycles. The molecule has 0 N–H and O–H groups in total. The minimum Gasteiger partial charge on any atom is -0.206 e. The van der Waals surface area contributed by atoms with Crippen LogP contribution in [-0.4, -0.2) is 0 Å². The van der Waals surface area contributed by atoms with Crippen molar-refractivity contribution in [1.82, 2.24) is 0 Å². The Morgan fingerprint density at radius 2 is 1.61 bits per heavy atom. The molecule has 0 bridgehead atoms. The van der Waals surface area contributed by atoms with Gasteiger partial charge in [-0.15, -0.1) is 0 Å². The van der Waals surface area contributed by atoms with Crippen molar-refractivity contribution in [1.29, 1.82) is 0 Å². The zero-order chi connectivity index (χ0) is 13.1. The minimum atomic E-state index is -1.10. The smallest absolute Gasteiger partial charge is 0.169 e. The fraction of sp³-hybridized carbons (Fsp3) is 0.333. The first-order valence-electron chi connectivity index (χ1n) is 6.20. The molecular formula is C15H15F3. The number of aryl methyl sites for hydroxylation is 1. The lowest BCUT2D eigenvalue weighted by Crippen LogP contribution is -1.96. The maximum Gasteiger partial charge on any atom is 0.169 e. The van der Waals surface area contributed by atoms with Gasteiger partial charge in [-0.05, 0) is 29.9 Å². The summed E-state index contributed by atoms with van der Waals surface area (Å²) in [6.07, 6.45) is 3.46. The van der Waals surface area contributed by atoms with Crippen LogP contribution in [-0.2, 0) is 6.42 Å². The maximum absolute atomic E-state index is 14.1. The molecule has 0 fully saturated rings. The second-order valence-electron chi connectivity index (χ2n) is 4.46. The predicted molar refractivity (Wildman–Crippen MR) is 67.1 cm³/mol. The molecule has 0 saturated carbocycles. The van der Waals surface area contributed by atoms with Crippen molar-refractivity contribution in [2.45, 2.75) is 32.6 Å². The van der Waals surface area contributed by atoms with Crippen LogP contribution in [0, 0.1) is 17.5 Å². The molecule has 2 rings (SSSR count). The van der Waals surface area contributed by atoms with Gasteiger partial charge in [-0.25, -0.2) is 13.2 Å². The van der Waals surface area contributed by atoms with Gasteiger partial charge in [0.25, 0.3) is 0 Å². The van der Waals surface area contributed by atoms with E-state index in [0.29, 0.717) is 17.4 Å². The van der Waals surface area contributed by atoms with Gasteiger partial charge in [0.05, 0.1) is 5.39 Å². The van der Waals surface area contributed by atoms with Crippen LogP contribution in [0.4, 0.5) is 13.2 Å². The van der Waals surface area contributed by atoms with E-state index >= 15 is 0 Å². The van der Waals surface area contributed by atoms with Crippen LogP contribution in [0.3, 0.4) is 0 Å². The minimum absolute atomic E-state index is 0.232. The van der Waals surface area contributed by atoms with E-state index in [1.165, 1.54) is 6.07 Å². The number of halogens is 3. The van der Waals surface area contributed by atoms with Crippen molar-refractivity contribution in [3.8, 4) is 0 Å². The van der Waals surface area contributed by atoms with Crippen LogP contribution in [0.1, 0.15) is 31.7 Å². The molecule has 0 aliphatic rings. The summed E-state index contributed by atoms with van der Waals surface area (Å²) < 4.78 is 40.9. The summed E-state index contributed by atoms with van der Waals surface area (Å²) in [5.41, 5.74) is 0.459. The number of hydrogen-bond donors (Lipinski definition) is 0. The largest absolute Gasteiger partial charge is 0.206 e. The van der Waals surface area contributed by atoms with Gasteiger partial charge < -0.3 is 0 Å². The summed E-state index contributed by atoms with van der Waals surface area (Å²) in [6, 6.07) is 5.72. The molecule has 0 saturated heterocycles.